The molecule has 124 valence electrons. The Hall–Kier alpha value is -2.11. The highest BCUT2D eigenvalue weighted by molar-refractivity contribution is 5.76. The summed E-state index contributed by atoms with van der Waals surface area (Å²) >= 11 is 0. The van der Waals surface area contributed by atoms with E-state index < -0.39 is 0 Å². The van der Waals surface area contributed by atoms with Gasteiger partial charge in [0.15, 0.2) is 0 Å². The Labute approximate surface area is 136 Å². The summed E-state index contributed by atoms with van der Waals surface area (Å²) < 4.78 is 2.02. The first-order valence-corrected chi connectivity index (χ1v) is 8.44. The molecule has 3 rings (SSSR count). The second-order valence-electron chi connectivity index (χ2n) is 6.49. The van der Waals surface area contributed by atoms with Crippen molar-refractivity contribution >= 4 is 5.91 Å². The number of carbonyl (C=O) groups is 1. The largest absolute Gasteiger partial charge is 0.342 e. The van der Waals surface area contributed by atoms with E-state index in [2.05, 4.69) is 22.1 Å². The number of hydrogen-bond acceptors (Lipinski definition) is 3. The van der Waals surface area contributed by atoms with Crippen LogP contribution >= 0.6 is 0 Å². The van der Waals surface area contributed by atoms with E-state index in [1.807, 2.05) is 21.9 Å². The van der Waals surface area contributed by atoms with Crippen LogP contribution < -0.4 is 0 Å². The number of imidazole rings is 1. The molecule has 0 unspecified atom stereocenters. The molecule has 1 N–H and O–H groups in total. The van der Waals surface area contributed by atoms with Crippen LogP contribution in [0.2, 0.25) is 0 Å². The normalized spacial score (nSPS) is 18.3. The lowest BCUT2D eigenvalue weighted by molar-refractivity contribution is -0.133. The van der Waals surface area contributed by atoms with Crippen molar-refractivity contribution in [3.8, 4) is 0 Å². The predicted molar refractivity (Wildman–Crippen MR) is 87.8 cm³/mol. The molecular weight excluding hydrogens is 290 g/mol. The van der Waals surface area contributed by atoms with E-state index in [4.69, 9.17) is 0 Å². The first-order valence-electron chi connectivity index (χ1n) is 8.44. The zero-order valence-electron chi connectivity index (χ0n) is 13.7. The van der Waals surface area contributed by atoms with E-state index in [0.717, 1.165) is 38.9 Å². The first-order chi connectivity index (χ1) is 11.2. The zero-order chi connectivity index (χ0) is 16.1. The number of carbonyl (C=O) groups excluding carboxylic acids is 1. The van der Waals surface area contributed by atoms with Crippen molar-refractivity contribution in [1.29, 1.82) is 0 Å². The van der Waals surface area contributed by atoms with Gasteiger partial charge in [-0.1, -0.05) is 0 Å². The van der Waals surface area contributed by atoms with Crippen molar-refractivity contribution in [3.63, 3.8) is 0 Å². The van der Waals surface area contributed by atoms with Gasteiger partial charge in [-0.3, -0.25) is 9.89 Å². The monoisotopic (exact) mass is 315 g/mol. The molecule has 0 spiro atoms. The predicted octanol–water partition coefficient (Wildman–Crippen LogP) is 2.18. The molecule has 1 amide bonds. The van der Waals surface area contributed by atoms with E-state index in [1.165, 1.54) is 17.7 Å². The van der Waals surface area contributed by atoms with E-state index in [-0.39, 0.29) is 5.91 Å². The quantitative estimate of drug-likeness (QED) is 0.888. The maximum Gasteiger partial charge on any atom is 0.222 e. The average Bonchev–Trinajstić information content (AvgIpc) is 3.20. The molecule has 1 atom stereocenters. The molecule has 0 aromatic carbocycles. The standard InChI is InChI=1S/C17H25N5O/c1-14-11-19-20-16(14)10-15-4-2-8-22(12-15)17(23)5-3-7-21-9-6-18-13-21/h6,9,11,13,15H,2-5,7-8,10,12H2,1H3,(H,19,20)/t15-/m1/s1. The summed E-state index contributed by atoms with van der Waals surface area (Å²) in [5.41, 5.74) is 2.43. The third-order valence-electron chi connectivity index (χ3n) is 4.66. The molecule has 0 radical (unpaired) electrons. The SMILES string of the molecule is Cc1cn[nH]c1C[C@H]1CCCN(C(=O)CCCn2ccnc2)C1. The van der Waals surface area contributed by atoms with Gasteiger partial charge in [-0.15, -0.1) is 0 Å². The van der Waals surface area contributed by atoms with Gasteiger partial charge in [0, 0.05) is 44.1 Å². The maximum absolute atomic E-state index is 12.4. The van der Waals surface area contributed by atoms with Crippen LogP contribution in [0.15, 0.2) is 24.9 Å². The maximum atomic E-state index is 12.4. The van der Waals surface area contributed by atoms with Crippen LogP contribution in [0, 0.1) is 12.8 Å². The summed E-state index contributed by atoms with van der Waals surface area (Å²) in [6, 6.07) is 0. The molecule has 6 nitrogen and oxygen atoms in total. The molecule has 2 aromatic heterocycles. The van der Waals surface area contributed by atoms with Crippen LogP contribution in [0.1, 0.15) is 36.9 Å². The molecule has 6 heteroatoms. The van der Waals surface area contributed by atoms with E-state index in [9.17, 15) is 4.79 Å². The number of H-pyrrole nitrogens is 1. The summed E-state index contributed by atoms with van der Waals surface area (Å²) in [7, 11) is 0. The summed E-state index contributed by atoms with van der Waals surface area (Å²) in [6.45, 7) is 4.72. The van der Waals surface area contributed by atoms with Gasteiger partial charge >= 0.3 is 0 Å². The first kappa shape index (κ1) is 15.8. The minimum atomic E-state index is 0.288. The number of aromatic amines is 1. The van der Waals surface area contributed by atoms with Crippen LogP contribution in [0.5, 0.6) is 0 Å². The summed E-state index contributed by atoms with van der Waals surface area (Å²) in [5.74, 6) is 0.830. The zero-order valence-corrected chi connectivity index (χ0v) is 13.7. The van der Waals surface area contributed by atoms with Crippen molar-refractivity contribution in [2.75, 3.05) is 13.1 Å². The minimum Gasteiger partial charge on any atom is -0.342 e. The number of aryl methyl sites for hydroxylation is 2. The lowest BCUT2D eigenvalue weighted by atomic mass is 9.92. The lowest BCUT2D eigenvalue weighted by Crippen LogP contribution is -2.40. The average molecular weight is 315 g/mol. The van der Waals surface area contributed by atoms with Crippen LogP contribution in [-0.4, -0.2) is 43.6 Å². The van der Waals surface area contributed by atoms with Crippen molar-refractivity contribution < 1.29 is 4.79 Å². The number of aromatic nitrogens is 4. The number of amides is 1. The molecule has 1 aliphatic rings. The van der Waals surface area contributed by atoms with Crippen LogP contribution in [0.25, 0.3) is 0 Å². The Morgan fingerprint density at radius 3 is 3.13 bits per heavy atom. The molecule has 0 saturated carbocycles. The second kappa shape index (κ2) is 7.44. The van der Waals surface area contributed by atoms with Crippen molar-refractivity contribution in [2.24, 2.45) is 5.92 Å². The van der Waals surface area contributed by atoms with E-state index >= 15 is 0 Å². The molecule has 23 heavy (non-hydrogen) atoms. The lowest BCUT2D eigenvalue weighted by Gasteiger charge is -2.33. The Balaban J connectivity index is 1.45. The second-order valence-corrected chi connectivity index (χ2v) is 6.49. The molecule has 0 bridgehead atoms. The summed E-state index contributed by atoms with van der Waals surface area (Å²) in [4.78, 5) is 18.5. The molecule has 1 aliphatic heterocycles. The fourth-order valence-corrected chi connectivity index (χ4v) is 3.32. The Kier molecular flexibility index (Phi) is 5.10. The number of nitrogens with one attached hydrogen (secondary N) is 1. The number of rotatable bonds is 6. The van der Waals surface area contributed by atoms with Gasteiger partial charge in [-0.05, 0) is 44.1 Å². The molecule has 3 heterocycles. The fraction of sp³-hybridized carbons (Fsp3) is 0.588. The van der Waals surface area contributed by atoms with Gasteiger partial charge in [-0.2, -0.15) is 5.10 Å². The Bertz CT molecular complexity index is 619. The molecule has 1 fully saturated rings. The smallest absolute Gasteiger partial charge is 0.222 e. The van der Waals surface area contributed by atoms with Gasteiger partial charge in [-0.25, -0.2) is 4.98 Å². The molecule has 0 aliphatic carbocycles. The minimum absolute atomic E-state index is 0.288. The van der Waals surface area contributed by atoms with Gasteiger partial charge < -0.3 is 9.47 Å². The van der Waals surface area contributed by atoms with Crippen LogP contribution in [0.4, 0.5) is 0 Å². The van der Waals surface area contributed by atoms with Crippen molar-refractivity contribution in [3.05, 3.63) is 36.2 Å². The van der Waals surface area contributed by atoms with Gasteiger partial charge in [0.1, 0.15) is 0 Å². The summed E-state index contributed by atoms with van der Waals surface area (Å²) in [6.07, 6.45) is 12.2. The highest BCUT2D eigenvalue weighted by Gasteiger charge is 2.24. The van der Waals surface area contributed by atoms with E-state index in [0.29, 0.717) is 12.3 Å². The Morgan fingerprint density at radius 1 is 1.48 bits per heavy atom. The number of hydrogen-bond donors (Lipinski definition) is 1. The highest BCUT2D eigenvalue weighted by atomic mass is 16.2. The third-order valence-corrected chi connectivity index (χ3v) is 4.66. The molecular formula is C17H25N5O. The molecule has 1 saturated heterocycles. The van der Waals surface area contributed by atoms with Crippen molar-refractivity contribution in [1.82, 2.24) is 24.6 Å². The topological polar surface area (TPSA) is 66.8 Å². The van der Waals surface area contributed by atoms with Gasteiger partial charge in [0.05, 0.1) is 12.5 Å². The van der Waals surface area contributed by atoms with Crippen LogP contribution in [0.3, 0.4) is 0 Å². The van der Waals surface area contributed by atoms with Gasteiger partial charge in [0.2, 0.25) is 5.91 Å². The summed E-state index contributed by atoms with van der Waals surface area (Å²) in [5, 5.41) is 7.18. The number of piperidine rings is 1. The third kappa shape index (κ3) is 4.21. The number of likely N-dealkylation sites (tertiary alicyclic amines) is 1. The van der Waals surface area contributed by atoms with Crippen molar-refractivity contribution in [2.45, 2.75) is 45.6 Å². The van der Waals surface area contributed by atoms with Crippen LogP contribution in [-0.2, 0) is 17.8 Å². The fourth-order valence-electron chi connectivity index (χ4n) is 3.32. The van der Waals surface area contributed by atoms with Gasteiger partial charge in [0.25, 0.3) is 0 Å². The molecule has 2 aromatic rings. The van der Waals surface area contributed by atoms with E-state index in [1.54, 1.807) is 12.5 Å². The highest BCUT2D eigenvalue weighted by Crippen LogP contribution is 2.22. The number of nitrogens with zero attached hydrogens (tertiary/aromatic N) is 4. The Morgan fingerprint density at radius 2 is 2.39 bits per heavy atom.